The zero-order valence-corrected chi connectivity index (χ0v) is 9.72. The summed E-state index contributed by atoms with van der Waals surface area (Å²) in [6, 6.07) is 0. The van der Waals surface area contributed by atoms with E-state index < -0.39 is 0 Å². The quantitative estimate of drug-likeness (QED) is 0.733. The Kier molecular flexibility index (Phi) is 3.65. The molecule has 0 amide bonds. The van der Waals surface area contributed by atoms with Crippen molar-refractivity contribution in [3.8, 4) is 0 Å². The molecule has 3 nitrogen and oxygen atoms in total. The van der Waals surface area contributed by atoms with Crippen LogP contribution in [0.5, 0.6) is 0 Å². The fourth-order valence-corrected chi connectivity index (χ4v) is 2.54. The second-order valence-corrected chi connectivity index (χ2v) is 4.59. The second-order valence-electron chi connectivity index (χ2n) is 4.59. The average Bonchev–Trinajstić information content (AvgIpc) is 2.39. The van der Waals surface area contributed by atoms with Crippen LogP contribution in [-0.2, 0) is 0 Å². The lowest BCUT2D eigenvalue weighted by atomic mass is 9.78. The van der Waals surface area contributed by atoms with Gasteiger partial charge in [0.1, 0.15) is 5.69 Å². The summed E-state index contributed by atoms with van der Waals surface area (Å²) < 4.78 is 0. The number of carbonyl (C=O) groups is 1. The molecule has 1 aromatic heterocycles. The molecule has 1 aromatic rings. The minimum absolute atomic E-state index is 0.176. The maximum atomic E-state index is 12.2. The van der Waals surface area contributed by atoms with Gasteiger partial charge < -0.3 is 0 Å². The highest BCUT2D eigenvalue weighted by Gasteiger charge is 2.27. The molecule has 1 aliphatic rings. The summed E-state index contributed by atoms with van der Waals surface area (Å²) in [5.41, 5.74) is 0.532. The molecule has 0 bridgehead atoms. The number of nitrogens with zero attached hydrogens (tertiary/aromatic N) is 2. The number of aromatic nitrogens is 2. The standard InChI is InChI=1S/C13H18N2O/c1-2-10-4-3-5-11(8-10)13(16)12-9-14-6-7-15-12/h6-7,9-11H,2-5,8H2,1H3. The summed E-state index contributed by atoms with van der Waals surface area (Å²) in [5.74, 6) is 1.08. The molecule has 16 heavy (non-hydrogen) atoms. The number of carbonyl (C=O) groups excluding carboxylic acids is 1. The van der Waals surface area contributed by atoms with Gasteiger partial charge >= 0.3 is 0 Å². The molecule has 1 saturated carbocycles. The van der Waals surface area contributed by atoms with E-state index in [0.29, 0.717) is 5.69 Å². The van der Waals surface area contributed by atoms with Crippen molar-refractivity contribution in [3.05, 3.63) is 24.3 Å². The second kappa shape index (κ2) is 5.19. The van der Waals surface area contributed by atoms with E-state index in [1.807, 2.05) is 0 Å². The lowest BCUT2D eigenvalue weighted by Gasteiger charge is -2.27. The van der Waals surface area contributed by atoms with Gasteiger partial charge in [0.05, 0.1) is 6.20 Å². The first-order valence-corrected chi connectivity index (χ1v) is 6.11. The number of ketones is 1. The molecule has 0 radical (unpaired) electrons. The zero-order chi connectivity index (χ0) is 11.4. The highest BCUT2D eigenvalue weighted by molar-refractivity contribution is 5.95. The third-order valence-corrected chi connectivity index (χ3v) is 3.55. The van der Waals surface area contributed by atoms with Gasteiger partial charge in [0.25, 0.3) is 0 Å². The van der Waals surface area contributed by atoms with Crippen LogP contribution in [0.2, 0.25) is 0 Å². The highest BCUT2D eigenvalue weighted by atomic mass is 16.1. The van der Waals surface area contributed by atoms with Crippen molar-refractivity contribution < 1.29 is 4.79 Å². The number of Topliss-reactive ketones (excluding diaryl/α,β-unsaturated/α-hetero) is 1. The molecular formula is C13H18N2O. The van der Waals surface area contributed by atoms with Crippen molar-refractivity contribution in [1.82, 2.24) is 9.97 Å². The molecule has 1 fully saturated rings. The Morgan fingerprint density at radius 3 is 3.00 bits per heavy atom. The molecule has 86 valence electrons. The van der Waals surface area contributed by atoms with E-state index in [1.165, 1.54) is 19.3 Å². The fourth-order valence-electron chi connectivity index (χ4n) is 2.54. The van der Waals surface area contributed by atoms with Crippen molar-refractivity contribution in [3.63, 3.8) is 0 Å². The Labute approximate surface area is 96.3 Å². The molecule has 2 unspecified atom stereocenters. The first-order valence-electron chi connectivity index (χ1n) is 6.11. The van der Waals surface area contributed by atoms with Crippen LogP contribution < -0.4 is 0 Å². The van der Waals surface area contributed by atoms with Gasteiger partial charge in [0.2, 0.25) is 0 Å². The number of rotatable bonds is 3. The molecule has 3 heteroatoms. The molecule has 1 aliphatic carbocycles. The smallest absolute Gasteiger partial charge is 0.185 e. The molecule has 1 heterocycles. The topological polar surface area (TPSA) is 42.9 Å². The van der Waals surface area contributed by atoms with E-state index in [-0.39, 0.29) is 11.7 Å². The Bertz CT molecular complexity index is 350. The van der Waals surface area contributed by atoms with Gasteiger partial charge in [-0.25, -0.2) is 4.98 Å². The molecule has 0 aliphatic heterocycles. The SMILES string of the molecule is CCC1CCCC(C(=O)c2cnccn2)C1. The predicted molar refractivity (Wildman–Crippen MR) is 62.1 cm³/mol. The third-order valence-electron chi connectivity index (χ3n) is 3.55. The Morgan fingerprint density at radius 1 is 1.44 bits per heavy atom. The van der Waals surface area contributed by atoms with Crippen molar-refractivity contribution in [2.45, 2.75) is 39.0 Å². The summed E-state index contributed by atoms with van der Waals surface area (Å²) in [4.78, 5) is 20.2. The first-order chi connectivity index (χ1) is 7.81. The van der Waals surface area contributed by atoms with E-state index in [4.69, 9.17) is 0 Å². The largest absolute Gasteiger partial charge is 0.292 e. The van der Waals surface area contributed by atoms with Crippen LogP contribution in [0.15, 0.2) is 18.6 Å². The minimum atomic E-state index is 0.176. The lowest BCUT2D eigenvalue weighted by molar-refractivity contribution is 0.0856. The summed E-state index contributed by atoms with van der Waals surface area (Å²) >= 11 is 0. The number of hydrogen-bond acceptors (Lipinski definition) is 3. The Balaban J connectivity index is 2.05. The Hall–Kier alpha value is -1.25. The Morgan fingerprint density at radius 2 is 2.31 bits per heavy atom. The summed E-state index contributed by atoms with van der Waals surface area (Å²) in [5, 5.41) is 0. The molecule has 2 rings (SSSR count). The lowest BCUT2D eigenvalue weighted by Crippen LogP contribution is -2.23. The van der Waals surface area contributed by atoms with Gasteiger partial charge in [0.15, 0.2) is 5.78 Å². The normalized spacial score (nSPS) is 25.3. The highest BCUT2D eigenvalue weighted by Crippen LogP contribution is 2.32. The summed E-state index contributed by atoms with van der Waals surface area (Å²) in [6.45, 7) is 2.21. The van der Waals surface area contributed by atoms with Crippen LogP contribution in [0.3, 0.4) is 0 Å². The van der Waals surface area contributed by atoms with Crippen molar-refractivity contribution >= 4 is 5.78 Å². The van der Waals surface area contributed by atoms with E-state index in [1.54, 1.807) is 18.6 Å². The van der Waals surface area contributed by atoms with Crippen LogP contribution >= 0.6 is 0 Å². The van der Waals surface area contributed by atoms with Crippen LogP contribution in [0.4, 0.5) is 0 Å². The molecule has 0 aromatic carbocycles. The monoisotopic (exact) mass is 218 g/mol. The first kappa shape index (κ1) is 11.2. The molecule has 0 saturated heterocycles. The maximum Gasteiger partial charge on any atom is 0.185 e. The molecule has 2 atom stereocenters. The van der Waals surface area contributed by atoms with E-state index >= 15 is 0 Å². The van der Waals surface area contributed by atoms with Crippen molar-refractivity contribution in [1.29, 1.82) is 0 Å². The van der Waals surface area contributed by atoms with Crippen LogP contribution in [0, 0.1) is 11.8 Å². The van der Waals surface area contributed by atoms with Gasteiger partial charge in [-0.1, -0.05) is 26.2 Å². The predicted octanol–water partition coefficient (Wildman–Crippen LogP) is 2.88. The van der Waals surface area contributed by atoms with Gasteiger partial charge in [-0.05, 0) is 18.8 Å². The van der Waals surface area contributed by atoms with Crippen LogP contribution in [-0.4, -0.2) is 15.8 Å². The van der Waals surface area contributed by atoms with Crippen molar-refractivity contribution in [2.75, 3.05) is 0 Å². The minimum Gasteiger partial charge on any atom is -0.292 e. The fraction of sp³-hybridized carbons (Fsp3) is 0.615. The van der Waals surface area contributed by atoms with E-state index in [9.17, 15) is 4.79 Å². The van der Waals surface area contributed by atoms with Crippen molar-refractivity contribution in [2.24, 2.45) is 11.8 Å². The van der Waals surface area contributed by atoms with Gasteiger partial charge in [-0.15, -0.1) is 0 Å². The van der Waals surface area contributed by atoms with Crippen LogP contribution in [0.25, 0.3) is 0 Å². The van der Waals surface area contributed by atoms with Crippen LogP contribution in [0.1, 0.15) is 49.5 Å². The van der Waals surface area contributed by atoms with Gasteiger partial charge in [0, 0.05) is 18.3 Å². The van der Waals surface area contributed by atoms with E-state index in [2.05, 4.69) is 16.9 Å². The molecule has 0 spiro atoms. The zero-order valence-electron chi connectivity index (χ0n) is 9.72. The summed E-state index contributed by atoms with van der Waals surface area (Å²) in [6.07, 6.45) is 10.5. The van der Waals surface area contributed by atoms with Gasteiger partial charge in [-0.3, -0.25) is 9.78 Å². The summed E-state index contributed by atoms with van der Waals surface area (Å²) in [7, 11) is 0. The molecular weight excluding hydrogens is 200 g/mol. The third kappa shape index (κ3) is 2.46. The molecule has 0 N–H and O–H groups in total. The maximum absolute atomic E-state index is 12.2. The average molecular weight is 218 g/mol. The van der Waals surface area contributed by atoms with Gasteiger partial charge in [-0.2, -0.15) is 0 Å². The number of hydrogen-bond donors (Lipinski definition) is 0. The van der Waals surface area contributed by atoms with E-state index in [0.717, 1.165) is 18.8 Å².